The third-order valence-corrected chi connectivity index (χ3v) is 4.85. The number of aliphatic hydroxyl groups is 1. The largest absolute Gasteiger partial charge is 0.396 e. The van der Waals surface area contributed by atoms with Gasteiger partial charge in [-0.25, -0.2) is 0 Å². The minimum Gasteiger partial charge on any atom is -0.396 e. The maximum atomic E-state index is 11.8. The minimum absolute atomic E-state index is 0.0506. The van der Waals surface area contributed by atoms with Crippen LogP contribution in [-0.2, 0) is 11.2 Å². The first kappa shape index (κ1) is 16.7. The van der Waals surface area contributed by atoms with Crippen LogP contribution in [0.5, 0.6) is 0 Å². The molecule has 1 heterocycles. The fraction of sp³-hybridized carbons (Fsp3) is 0.381. The van der Waals surface area contributed by atoms with E-state index in [1.165, 1.54) is 16.7 Å². The summed E-state index contributed by atoms with van der Waals surface area (Å²) in [4.78, 5) is 13.7. The lowest BCUT2D eigenvalue weighted by Crippen LogP contribution is -2.39. The zero-order valence-electron chi connectivity index (χ0n) is 14.0. The molecule has 0 aromatic heterocycles. The number of hydrogen-bond acceptors (Lipinski definition) is 2. The van der Waals surface area contributed by atoms with Crippen LogP contribution in [0.1, 0.15) is 24.8 Å². The van der Waals surface area contributed by atoms with Crippen LogP contribution < -0.4 is 0 Å². The number of piperidine rings is 1. The molecule has 0 radical (unpaired) electrons. The molecule has 2 aromatic rings. The Morgan fingerprint density at radius 2 is 1.71 bits per heavy atom. The molecule has 1 aliphatic rings. The number of amides is 1. The molecule has 1 amide bonds. The molecule has 0 atom stereocenters. The van der Waals surface area contributed by atoms with Crippen molar-refractivity contribution in [1.82, 2.24) is 4.90 Å². The number of aliphatic hydroxyl groups excluding tert-OH is 1. The fourth-order valence-corrected chi connectivity index (χ4v) is 3.48. The van der Waals surface area contributed by atoms with Crippen molar-refractivity contribution in [3.8, 4) is 11.1 Å². The summed E-state index contributed by atoms with van der Waals surface area (Å²) in [5, 5.41) is 8.89. The van der Waals surface area contributed by atoms with Gasteiger partial charge in [0.1, 0.15) is 0 Å². The van der Waals surface area contributed by atoms with Gasteiger partial charge in [-0.1, -0.05) is 54.6 Å². The third-order valence-electron chi connectivity index (χ3n) is 4.85. The van der Waals surface area contributed by atoms with E-state index in [2.05, 4.69) is 48.5 Å². The average molecular weight is 323 g/mol. The highest BCUT2D eigenvalue weighted by Gasteiger charge is 2.22. The first-order chi connectivity index (χ1) is 11.8. The molecule has 3 nitrogen and oxygen atoms in total. The molecule has 0 saturated carbocycles. The Hall–Kier alpha value is -2.13. The fourth-order valence-electron chi connectivity index (χ4n) is 3.48. The number of benzene rings is 2. The smallest absolute Gasteiger partial charge is 0.224 e. The van der Waals surface area contributed by atoms with Crippen LogP contribution in [-0.4, -0.2) is 35.6 Å². The van der Waals surface area contributed by atoms with Crippen LogP contribution in [0.25, 0.3) is 11.1 Å². The summed E-state index contributed by atoms with van der Waals surface area (Å²) >= 11 is 0. The molecule has 24 heavy (non-hydrogen) atoms. The number of carbonyl (C=O) groups is 1. The van der Waals surface area contributed by atoms with E-state index in [-0.39, 0.29) is 18.9 Å². The van der Waals surface area contributed by atoms with Gasteiger partial charge in [-0.3, -0.25) is 4.79 Å². The monoisotopic (exact) mass is 323 g/mol. The molecule has 1 N–H and O–H groups in total. The molecule has 1 saturated heterocycles. The summed E-state index contributed by atoms with van der Waals surface area (Å²) in [6, 6.07) is 19.3. The quantitative estimate of drug-likeness (QED) is 0.914. The molecule has 0 aliphatic carbocycles. The highest BCUT2D eigenvalue weighted by Crippen LogP contribution is 2.25. The van der Waals surface area contributed by atoms with Gasteiger partial charge in [-0.05, 0) is 41.9 Å². The second-order valence-electron chi connectivity index (χ2n) is 6.57. The van der Waals surface area contributed by atoms with E-state index in [1.54, 1.807) is 0 Å². The highest BCUT2D eigenvalue weighted by molar-refractivity contribution is 5.76. The van der Waals surface area contributed by atoms with E-state index >= 15 is 0 Å². The van der Waals surface area contributed by atoms with Crippen molar-refractivity contribution in [2.75, 3.05) is 19.7 Å². The van der Waals surface area contributed by atoms with Crippen LogP contribution in [0.3, 0.4) is 0 Å². The van der Waals surface area contributed by atoms with E-state index in [0.717, 1.165) is 32.4 Å². The maximum absolute atomic E-state index is 11.8. The van der Waals surface area contributed by atoms with Crippen LogP contribution >= 0.6 is 0 Å². The Labute approximate surface area is 143 Å². The SMILES string of the molecule is O=C(CCO)N1CCC(Cc2cccc(-c3ccccc3)c2)CC1. The van der Waals surface area contributed by atoms with E-state index < -0.39 is 0 Å². The van der Waals surface area contributed by atoms with Gasteiger partial charge in [-0.2, -0.15) is 0 Å². The van der Waals surface area contributed by atoms with Gasteiger partial charge in [0.15, 0.2) is 0 Å². The highest BCUT2D eigenvalue weighted by atomic mass is 16.3. The molecular formula is C21H25NO2. The summed E-state index contributed by atoms with van der Waals surface area (Å²) in [6.07, 6.45) is 3.42. The van der Waals surface area contributed by atoms with E-state index in [4.69, 9.17) is 5.11 Å². The predicted octanol–water partition coefficient (Wildman–Crippen LogP) is 3.52. The van der Waals surface area contributed by atoms with Crippen molar-refractivity contribution in [2.24, 2.45) is 5.92 Å². The maximum Gasteiger partial charge on any atom is 0.224 e. The molecule has 1 fully saturated rings. The molecule has 1 aliphatic heterocycles. The lowest BCUT2D eigenvalue weighted by molar-refractivity contribution is -0.133. The van der Waals surface area contributed by atoms with Gasteiger partial charge in [0, 0.05) is 19.5 Å². The average Bonchev–Trinajstić information content (AvgIpc) is 2.63. The van der Waals surface area contributed by atoms with E-state index in [0.29, 0.717) is 5.92 Å². The zero-order valence-corrected chi connectivity index (χ0v) is 14.0. The number of rotatable bonds is 5. The Morgan fingerprint density at radius 1 is 1.00 bits per heavy atom. The van der Waals surface area contributed by atoms with Gasteiger partial charge < -0.3 is 10.0 Å². The third kappa shape index (κ3) is 4.24. The molecule has 126 valence electrons. The minimum atomic E-state index is -0.0506. The van der Waals surface area contributed by atoms with Crippen molar-refractivity contribution >= 4 is 5.91 Å². The van der Waals surface area contributed by atoms with Crippen molar-refractivity contribution in [2.45, 2.75) is 25.7 Å². The van der Waals surface area contributed by atoms with Crippen molar-refractivity contribution in [1.29, 1.82) is 0 Å². The zero-order chi connectivity index (χ0) is 16.8. The first-order valence-electron chi connectivity index (χ1n) is 8.79. The van der Waals surface area contributed by atoms with Crippen molar-refractivity contribution in [3.63, 3.8) is 0 Å². The van der Waals surface area contributed by atoms with Gasteiger partial charge in [0.25, 0.3) is 0 Å². The predicted molar refractivity (Wildman–Crippen MR) is 96.6 cm³/mol. The summed E-state index contributed by atoms with van der Waals surface area (Å²) in [5.74, 6) is 0.719. The molecule has 0 spiro atoms. The number of hydrogen-bond donors (Lipinski definition) is 1. The number of carbonyl (C=O) groups excluding carboxylic acids is 1. The summed E-state index contributed by atoms with van der Waals surface area (Å²) in [6.45, 7) is 1.59. The summed E-state index contributed by atoms with van der Waals surface area (Å²) in [5.41, 5.74) is 3.89. The lowest BCUT2D eigenvalue weighted by Gasteiger charge is -2.32. The van der Waals surface area contributed by atoms with Crippen LogP contribution in [0.15, 0.2) is 54.6 Å². The van der Waals surface area contributed by atoms with Crippen molar-refractivity contribution in [3.05, 3.63) is 60.2 Å². The lowest BCUT2D eigenvalue weighted by atomic mass is 9.89. The second kappa shape index (κ2) is 8.11. The topological polar surface area (TPSA) is 40.5 Å². The Kier molecular flexibility index (Phi) is 5.65. The van der Waals surface area contributed by atoms with Crippen LogP contribution in [0.4, 0.5) is 0 Å². The Morgan fingerprint density at radius 3 is 2.42 bits per heavy atom. The van der Waals surface area contributed by atoms with Gasteiger partial charge in [0.2, 0.25) is 5.91 Å². The summed E-state index contributed by atoms with van der Waals surface area (Å²) < 4.78 is 0. The van der Waals surface area contributed by atoms with Crippen LogP contribution in [0.2, 0.25) is 0 Å². The standard InChI is InChI=1S/C21H25NO2/c23-14-11-21(24)22-12-9-17(10-13-22)15-18-5-4-8-20(16-18)19-6-2-1-3-7-19/h1-8,16-17,23H,9-15H2. The van der Waals surface area contributed by atoms with Gasteiger partial charge >= 0.3 is 0 Å². The normalized spacial score (nSPS) is 15.5. The van der Waals surface area contributed by atoms with Gasteiger partial charge in [-0.15, -0.1) is 0 Å². The molecule has 3 rings (SSSR count). The van der Waals surface area contributed by atoms with Gasteiger partial charge in [0.05, 0.1) is 6.61 Å². The first-order valence-corrected chi connectivity index (χ1v) is 8.79. The van der Waals surface area contributed by atoms with E-state index in [9.17, 15) is 4.79 Å². The second-order valence-corrected chi connectivity index (χ2v) is 6.57. The molecule has 3 heteroatoms. The molecule has 0 bridgehead atoms. The van der Waals surface area contributed by atoms with E-state index in [1.807, 2.05) is 11.0 Å². The van der Waals surface area contributed by atoms with Crippen molar-refractivity contribution < 1.29 is 9.90 Å². The number of likely N-dealkylation sites (tertiary alicyclic amines) is 1. The Bertz CT molecular complexity index is 661. The number of nitrogens with zero attached hydrogens (tertiary/aromatic N) is 1. The molecule has 0 unspecified atom stereocenters. The van der Waals surface area contributed by atoms with Crippen LogP contribution in [0, 0.1) is 5.92 Å². The Balaban J connectivity index is 1.59. The molecule has 2 aromatic carbocycles. The molecular weight excluding hydrogens is 298 g/mol. The summed E-state index contributed by atoms with van der Waals surface area (Å²) in [7, 11) is 0.